The molecule has 1 nitrogen and oxygen atoms in total. The van der Waals surface area contributed by atoms with Crippen LogP contribution in [-0.2, 0) is 6.54 Å². The minimum absolute atomic E-state index is 0.350. The van der Waals surface area contributed by atoms with Crippen molar-refractivity contribution < 1.29 is 8.78 Å². The van der Waals surface area contributed by atoms with Gasteiger partial charge in [0.15, 0.2) is 11.6 Å². The van der Waals surface area contributed by atoms with Gasteiger partial charge in [-0.05, 0) is 24.9 Å². The summed E-state index contributed by atoms with van der Waals surface area (Å²) < 4.78 is 26.3. The Labute approximate surface area is 106 Å². The standard InChI is InChI=1S/C13H18ClF2N/c1-2-10(6-7-14)8-17-9-11-4-3-5-12(15)13(11)16/h3-5,10,17H,2,6-9H2,1H3. The van der Waals surface area contributed by atoms with E-state index in [9.17, 15) is 8.78 Å². The van der Waals surface area contributed by atoms with Crippen molar-refractivity contribution in [1.82, 2.24) is 5.32 Å². The highest BCUT2D eigenvalue weighted by molar-refractivity contribution is 6.17. The van der Waals surface area contributed by atoms with Crippen LogP contribution in [0.15, 0.2) is 18.2 Å². The molecule has 0 heterocycles. The third-order valence-electron chi connectivity index (χ3n) is 2.87. The van der Waals surface area contributed by atoms with E-state index in [1.54, 1.807) is 6.07 Å². The fraction of sp³-hybridized carbons (Fsp3) is 0.538. The fourth-order valence-electron chi connectivity index (χ4n) is 1.70. The van der Waals surface area contributed by atoms with Gasteiger partial charge in [-0.25, -0.2) is 8.78 Å². The molecule has 0 bridgehead atoms. The van der Waals surface area contributed by atoms with Gasteiger partial charge in [0.2, 0.25) is 0 Å². The highest BCUT2D eigenvalue weighted by Crippen LogP contribution is 2.12. The lowest BCUT2D eigenvalue weighted by molar-refractivity contribution is 0.442. The molecule has 0 aliphatic carbocycles. The Morgan fingerprint density at radius 2 is 2.12 bits per heavy atom. The zero-order valence-corrected chi connectivity index (χ0v) is 10.7. The number of halogens is 3. The van der Waals surface area contributed by atoms with Crippen molar-refractivity contribution in [2.45, 2.75) is 26.3 Å². The molecule has 0 saturated heterocycles. The van der Waals surface area contributed by atoms with Crippen LogP contribution < -0.4 is 5.32 Å². The molecule has 0 saturated carbocycles. The van der Waals surface area contributed by atoms with Crippen LogP contribution in [0.3, 0.4) is 0 Å². The van der Waals surface area contributed by atoms with E-state index in [1.165, 1.54) is 6.07 Å². The summed E-state index contributed by atoms with van der Waals surface area (Å²) >= 11 is 5.68. The van der Waals surface area contributed by atoms with Crippen LogP contribution in [0, 0.1) is 17.6 Å². The van der Waals surface area contributed by atoms with Gasteiger partial charge < -0.3 is 5.32 Å². The van der Waals surface area contributed by atoms with E-state index < -0.39 is 11.6 Å². The summed E-state index contributed by atoms with van der Waals surface area (Å²) in [6, 6.07) is 4.24. The second-order valence-electron chi connectivity index (χ2n) is 4.10. The van der Waals surface area contributed by atoms with Crippen LogP contribution in [0.1, 0.15) is 25.3 Å². The molecule has 96 valence electrons. The number of rotatable bonds is 7. The van der Waals surface area contributed by atoms with Crippen molar-refractivity contribution in [2.24, 2.45) is 5.92 Å². The quantitative estimate of drug-likeness (QED) is 0.738. The van der Waals surface area contributed by atoms with Gasteiger partial charge in [0.1, 0.15) is 0 Å². The molecule has 1 atom stereocenters. The van der Waals surface area contributed by atoms with Crippen LogP contribution >= 0.6 is 11.6 Å². The Morgan fingerprint density at radius 1 is 1.35 bits per heavy atom. The van der Waals surface area contributed by atoms with E-state index in [4.69, 9.17) is 11.6 Å². The van der Waals surface area contributed by atoms with E-state index in [0.29, 0.717) is 23.9 Å². The molecule has 17 heavy (non-hydrogen) atoms. The van der Waals surface area contributed by atoms with Gasteiger partial charge in [0, 0.05) is 18.0 Å². The topological polar surface area (TPSA) is 12.0 Å². The maximum absolute atomic E-state index is 13.3. The van der Waals surface area contributed by atoms with E-state index in [1.807, 2.05) is 0 Å². The van der Waals surface area contributed by atoms with Gasteiger partial charge in [-0.1, -0.05) is 25.5 Å². The van der Waals surface area contributed by atoms with Crippen LogP contribution in [0.2, 0.25) is 0 Å². The average molecular weight is 262 g/mol. The molecule has 0 amide bonds. The fourth-order valence-corrected chi connectivity index (χ4v) is 2.01. The Morgan fingerprint density at radius 3 is 2.76 bits per heavy atom. The molecule has 1 unspecified atom stereocenters. The molecule has 0 radical (unpaired) electrons. The second kappa shape index (κ2) is 7.62. The average Bonchev–Trinajstić information content (AvgIpc) is 2.33. The number of alkyl halides is 1. The smallest absolute Gasteiger partial charge is 0.163 e. The lowest BCUT2D eigenvalue weighted by Crippen LogP contribution is -2.23. The second-order valence-corrected chi connectivity index (χ2v) is 4.47. The Hall–Kier alpha value is -0.670. The lowest BCUT2D eigenvalue weighted by atomic mass is 10.0. The lowest BCUT2D eigenvalue weighted by Gasteiger charge is -2.14. The maximum Gasteiger partial charge on any atom is 0.163 e. The number of nitrogens with one attached hydrogen (secondary N) is 1. The first-order valence-corrected chi connectivity index (χ1v) is 6.42. The largest absolute Gasteiger partial charge is 0.312 e. The molecule has 1 aromatic carbocycles. The molecule has 1 N–H and O–H groups in total. The number of hydrogen-bond acceptors (Lipinski definition) is 1. The van der Waals surface area contributed by atoms with Crippen molar-refractivity contribution in [2.75, 3.05) is 12.4 Å². The third kappa shape index (κ3) is 4.60. The van der Waals surface area contributed by atoms with Gasteiger partial charge in [0.05, 0.1) is 0 Å². The molecular formula is C13H18ClF2N. The van der Waals surface area contributed by atoms with E-state index in [2.05, 4.69) is 12.2 Å². The molecule has 0 aliphatic rings. The van der Waals surface area contributed by atoms with Gasteiger partial charge in [-0.15, -0.1) is 11.6 Å². The summed E-state index contributed by atoms with van der Waals surface area (Å²) in [5.74, 6) is -0.430. The van der Waals surface area contributed by atoms with Crippen molar-refractivity contribution in [1.29, 1.82) is 0 Å². The van der Waals surface area contributed by atoms with Crippen LogP contribution in [0.5, 0.6) is 0 Å². The number of hydrogen-bond donors (Lipinski definition) is 1. The molecule has 4 heteroatoms. The van der Waals surface area contributed by atoms with Gasteiger partial charge in [0.25, 0.3) is 0 Å². The van der Waals surface area contributed by atoms with Crippen molar-refractivity contribution >= 4 is 11.6 Å². The summed E-state index contributed by atoms with van der Waals surface area (Å²) in [5.41, 5.74) is 0.366. The predicted octanol–water partition coefficient (Wildman–Crippen LogP) is 3.71. The van der Waals surface area contributed by atoms with Crippen LogP contribution in [0.25, 0.3) is 0 Å². The SMILES string of the molecule is CCC(CCCl)CNCc1cccc(F)c1F. The molecular weight excluding hydrogens is 244 g/mol. The monoisotopic (exact) mass is 261 g/mol. The summed E-state index contributed by atoms with van der Waals surface area (Å²) in [7, 11) is 0. The van der Waals surface area contributed by atoms with E-state index in [-0.39, 0.29) is 0 Å². The highest BCUT2D eigenvalue weighted by atomic mass is 35.5. The Bertz CT molecular complexity index is 344. The molecule has 0 spiro atoms. The summed E-state index contributed by atoms with van der Waals surface area (Å²) in [6.07, 6.45) is 1.97. The molecule has 0 aliphatic heterocycles. The van der Waals surface area contributed by atoms with Gasteiger partial charge in [-0.3, -0.25) is 0 Å². The first-order valence-electron chi connectivity index (χ1n) is 5.88. The first-order chi connectivity index (χ1) is 8.19. The summed E-state index contributed by atoms with van der Waals surface area (Å²) in [6.45, 7) is 3.23. The minimum atomic E-state index is -0.794. The first kappa shape index (κ1) is 14.4. The zero-order chi connectivity index (χ0) is 12.7. The highest BCUT2D eigenvalue weighted by Gasteiger charge is 2.08. The Balaban J connectivity index is 2.42. The predicted molar refractivity (Wildman–Crippen MR) is 67.2 cm³/mol. The molecule has 0 fully saturated rings. The van der Waals surface area contributed by atoms with Crippen molar-refractivity contribution in [3.05, 3.63) is 35.4 Å². The third-order valence-corrected chi connectivity index (χ3v) is 3.09. The van der Waals surface area contributed by atoms with Crippen molar-refractivity contribution in [3.63, 3.8) is 0 Å². The zero-order valence-electron chi connectivity index (χ0n) is 9.98. The number of benzene rings is 1. The van der Waals surface area contributed by atoms with E-state index in [0.717, 1.165) is 25.5 Å². The summed E-state index contributed by atoms with van der Waals surface area (Å²) in [5, 5.41) is 3.14. The molecule has 1 aromatic rings. The summed E-state index contributed by atoms with van der Waals surface area (Å²) in [4.78, 5) is 0. The van der Waals surface area contributed by atoms with Crippen LogP contribution in [0.4, 0.5) is 8.78 Å². The van der Waals surface area contributed by atoms with Gasteiger partial charge in [-0.2, -0.15) is 0 Å². The Kier molecular flexibility index (Phi) is 6.45. The minimum Gasteiger partial charge on any atom is -0.312 e. The normalized spacial score (nSPS) is 12.7. The van der Waals surface area contributed by atoms with Crippen LogP contribution in [-0.4, -0.2) is 12.4 Å². The van der Waals surface area contributed by atoms with E-state index >= 15 is 0 Å². The molecule has 0 aromatic heterocycles. The van der Waals surface area contributed by atoms with Crippen molar-refractivity contribution in [3.8, 4) is 0 Å². The maximum atomic E-state index is 13.3. The molecule has 1 rings (SSSR count). The van der Waals surface area contributed by atoms with Gasteiger partial charge >= 0.3 is 0 Å².